The number of hydrogen-bond donors (Lipinski definition) is 0. The minimum atomic E-state index is 0.848. The van der Waals surface area contributed by atoms with Crippen molar-refractivity contribution in [2.45, 2.75) is 27.2 Å². The number of ether oxygens (including phenoxy) is 1. The van der Waals surface area contributed by atoms with Crippen LogP contribution < -0.4 is 4.74 Å². The first-order chi connectivity index (χ1) is 10.7. The molecule has 0 atom stereocenters. The van der Waals surface area contributed by atoms with Gasteiger partial charge >= 0.3 is 0 Å². The van der Waals surface area contributed by atoms with Crippen LogP contribution in [0, 0.1) is 0 Å². The smallest absolute Gasteiger partial charge is 0.126 e. The van der Waals surface area contributed by atoms with Crippen LogP contribution in [0.1, 0.15) is 27.2 Å². The van der Waals surface area contributed by atoms with Gasteiger partial charge in [-0.3, -0.25) is 0 Å². The van der Waals surface area contributed by atoms with Crippen LogP contribution in [-0.2, 0) is 0 Å². The quantitative estimate of drug-likeness (QED) is 0.393. The third-order valence-corrected chi connectivity index (χ3v) is 3.86. The zero-order chi connectivity index (χ0) is 16.2. The molecule has 0 bridgehead atoms. The van der Waals surface area contributed by atoms with E-state index in [4.69, 9.17) is 4.74 Å². The highest BCUT2D eigenvalue weighted by Crippen LogP contribution is 2.31. The lowest BCUT2D eigenvalue weighted by Gasteiger charge is -2.11. The average molecular weight is 312 g/mol. The summed E-state index contributed by atoms with van der Waals surface area (Å²) in [5, 5.41) is 0. The van der Waals surface area contributed by atoms with Crippen molar-refractivity contribution < 1.29 is 4.74 Å². The summed E-state index contributed by atoms with van der Waals surface area (Å²) in [5.41, 5.74) is 0. The van der Waals surface area contributed by atoms with Gasteiger partial charge in [0.15, 0.2) is 0 Å². The van der Waals surface area contributed by atoms with Crippen LogP contribution in [0.5, 0.6) is 5.75 Å². The predicted molar refractivity (Wildman–Crippen MR) is 99.9 cm³/mol. The van der Waals surface area contributed by atoms with E-state index in [0.717, 1.165) is 27.7 Å². The van der Waals surface area contributed by atoms with E-state index in [9.17, 15) is 0 Å². The zero-order valence-corrected chi connectivity index (χ0v) is 14.4. The number of benzene rings is 1. The van der Waals surface area contributed by atoms with Gasteiger partial charge in [0.1, 0.15) is 11.5 Å². The zero-order valence-electron chi connectivity index (χ0n) is 13.6. The lowest BCUT2D eigenvalue weighted by atomic mass is 10.3. The fourth-order valence-electron chi connectivity index (χ4n) is 1.69. The van der Waals surface area contributed by atoms with E-state index < -0.39 is 0 Å². The van der Waals surface area contributed by atoms with Crippen molar-refractivity contribution in [2.24, 2.45) is 0 Å². The fourth-order valence-corrected chi connectivity index (χ4v) is 2.66. The molecule has 1 rings (SSSR count). The predicted octanol–water partition coefficient (Wildman–Crippen LogP) is 6.64. The molecular formula is C20H24OS. The fraction of sp³-hybridized carbons (Fsp3) is 0.200. The van der Waals surface area contributed by atoms with Crippen molar-refractivity contribution in [3.05, 3.63) is 88.9 Å². The molecule has 0 amide bonds. The molecule has 0 aliphatic rings. The Balaban J connectivity index is 2.99. The molecule has 0 N–H and O–H groups in total. The van der Waals surface area contributed by atoms with E-state index in [2.05, 4.69) is 31.7 Å². The van der Waals surface area contributed by atoms with Gasteiger partial charge < -0.3 is 4.74 Å². The Bertz CT molecular complexity index is 577. The van der Waals surface area contributed by atoms with E-state index in [-0.39, 0.29) is 0 Å². The molecule has 116 valence electrons. The number of hydrogen-bond acceptors (Lipinski definition) is 2. The molecule has 0 spiro atoms. The molecule has 0 aromatic heterocycles. The second-order valence-electron chi connectivity index (χ2n) is 4.55. The third-order valence-electron chi connectivity index (χ3n) is 2.71. The summed E-state index contributed by atoms with van der Waals surface area (Å²) in [5.74, 6) is 1.73. The number of rotatable bonds is 8. The number of thioether (sulfide) groups is 1. The molecular weight excluding hydrogens is 288 g/mol. The highest BCUT2D eigenvalue weighted by molar-refractivity contribution is 8.07. The summed E-state index contributed by atoms with van der Waals surface area (Å²) in [6, 6.07) is 9.84. The number of para-hydroxylation sites is 1. The Hall–Kier alpha value is -1.93. The first-order valence-electron chi connectivity index (χ1n) is 7.44. The lowest BCUT2D eigenvalue weighted by Crippen LogP contribution is -1.94. The average Bonchev–Trinajstić information content (AvgIpc) is 2.53. The van der Waals surface area contributed by atoms with Crippen LogP contribution in [0.15, 0.2) is 88.9 Å². The largest absolute Gasteiger partial charge is 0.461 e. The monoisotopic (exact) mass is 312 g/mol. The van der Waals surface area contributed by atoms with E-state index in [1.165, 1.54) is 0 Å². The summed E-state index contributed by atoms with van der Waals surface area (Å²) in [6.07, 6.45) is 13.2. The summed E-state index contributed by atoms with van der Waals surface area (Å²) < 4.78 is 5.94. The van der Waals surface area contributed by atoms with E-state index in [1.54, 1.807) is 11.8 Å². The Kier molecular flexibility index (Phi) is 8.85. The lowest BCUT2D eigenvalue weighted by molar-refractivity contribution is 0.426. The second kappa shape index (κ2) is 10.7. The van der Waals surface area contributed by atoms with Crippen molar-refractivity contribution in [3.8, 4) is 5.75 Å². The first-order valence-corrected chi connectivity index (χ1v) is 8.26. The van der Waals surface area contributed by atoms with E-state index in [0.29, 0.717) is 0 Å². The van der Waals surface area contributed by atoms with Crippen LogP contribution in [0.3, 0.4) is 0 Å². The Morgan fingerprint density at radius 1 is 1.23 bits per heavy atom. The normalized spacial score (nSPS) is 13.5. The highest BCUT2D eigenvalue weighted by atomic mass is 32.2. The summed E-state index contributed by atoms with van der Waals surface area (Å²) in [6.45, 7) is 9.91. The van der Waals surface area contributed by atoms with Crippen molar-refractivity contribution in [3.63, 3.8) is 0 Å². The molecule has 0 saturated carbocycles. The summed E-state index contributed by atoms with van der Waals surface area (Å²) in [4.78, 5) is 2.22. The van der Waals surface area contributed by atoms with Gasteiger partial charge in [-0.05, 0) is 44.6 Å². The van der Waals surface area contributed by atoms with Crippen molar-refractivity contribution in [2.75, 3.05) is 0 Å². The van der Waals surface area contributed by atoms with Crippen molar-refractivity contribution in [1.29, 1.82) is 0 Å². The molecule has 0 heterocycles. The Morgan fingerprint density at radius 2 is 1.95 bits per heavy atom. The Morgan fingerprint density at radius 3 is 2.55 bits per heavy atom. The standard InChI is InChI=1S/C20H24OS/c1-5-8-16-19(12-6-2)22-20(13-7-3)17(4)21-18-14-10-9-11-15-18/h6-16H,2,5H2,1,3-4H3/b13-7-,16-8-,19-12+,20-17-. The van der Waals surface area contributed by atoms with Crippen LogP contribution in [0.4, 0.5) is 0 Å². The maximum atomic E-state index is 5.94. The molecule has 1 aromatic rings. The summed E-state index contributed by atoms with van der Waals surface area (Å²) >= 11 is 1.68. The maximum absolute atomic E-state index is 5.94. The molecule has 0 aliphatic heterocycles. The van der Waals surface area contributed by atoms with Crippen molar-refractivity contribution in [1.82, 2.24) is 0 Å². The third kappa shape index (κ3) is 6.68. The van der Waals surface area contributed by atoms with Crippen LogP contribution in [0.25, 0.3) is 0 Å². The topological polar surface area (TPSA) is 9.23 Å². The van der Waals surface area contributed by atoms with Gasteiger partial charge in [0.2, 0.25) is 0 Å². The van der Waals surface area contributed by atoms with Gasteiger partial charge in [0.05, 0.1) is 0 Å². The van der Waals surface area contributed by atoms with Gasteiger partial charge in [-0.2, -0.15) is 0 Å². The van der Waals surface area contributed by atoms with Crippen LogP contribution >= 0.6 is 11.8 Å². The molecule has 0 saturated heterocycles. The second-order valence-corrected chi connectivity index (χ2v) is 5.67. The molecule has 22 heavy (non-hydrogen) atoms. The molecule has 0 unspecified atom stereocenters. The van der Waals surface area contributed by atoms with Gasteiger partial charge in [0.25, 0.3) is 0 Å². The Labute approximate surface area is 138 Å². The molecule has 1 nitrogen and oxygen atoms in total. The highest BCUT2D eigenvalue weighted by Gasteiger charge is 2.05. The van der Waals surface area contributed by atoms with Gasteiger partial charge in [-0.1, -0.05) is 67.8 Å². The molecule has 0 fully saturated rings. The first kappa shape index (κ1) is 18.1. The van der Waals surface area contributed by atoms with Crippen LogP contribution in [0.2, 0.25) is 0 Å². The van der Waals surface area contributed by atoms with Gasteiger partial charge in [-0.25, -0.2) is 0 Å². The van der Waals surface area contributed by atoms with E-state index in [1.807, 2.05) is 62.4 Å². The van der Waals surface area contributed by atoms with Crippen LogP contribution in [-0.4, -0.2) is 0 Å². The summed E-state index contributed by atoms with van der Waals surface area (Å²) in [7, 11) is 0. The van der Waals surface area contributed by atoms with Gasteiger partial charge in [-0.15, -0.1) is 0 Å². The van der Waals surface area contributed by atoms with E-state index >= 15 is 0 Å². The number of allylic oxidation sites excluding steroid dienone is 7. The molecule has 1 aromatic carbocycles. The molecule has 0 radical (unpaired) electrons. The minimum absolute atomic E-state index is 0.848. The van der Waals surface area contributed by atoms with Gasteiger partial charge in [0, 0.05) is 9.81 Å². The SMILES string of the molecule is C=C/C=C(\C=C/CC)SC(/C=C\C)=C(/C)Oc1ccccc1. The van der Waals surface area contributed by atoms with Crippen molar-refractivity contribution >= 4 is 11.8 Å². The maximum Gasteiger partial charge on any atom is 0.126 e. The molecule has 0 aliphatic carbocycles. The minimum Gasteiger partial charge on any atom is -0.461 e. The molecule has 2 heteroatoms.